The monoisotopic (exact) mass is 400 g/mol. The summed E-state index contributed by atoms with van der Waals surface area (Å²) in [6.45, 7) is 0.595. The Balaban J connectivity index is 2.28. The van der Waals surface area contributed by atoms with Gasteiger partial charge in [0.15, 0.2) is 5.60 Å². The molecule has 8 heteroatoms. The van der Waals surface area contributed by atoms with Gasteiger partial charge in [0.1, 0.15) is 12.5 Å². The van der Waals surface area contributed by atoms with E-state index < -0.39 is 48.4 Å². The largest absolute Gasteiger partial charge is 0.481 e. The van der Waals surface area contributed by atoms with Crippen molar-refractivity contribution in [2.24, 2.45) is 5.92 Å². The van der Waals surface area contributed by atoms with Crippen molar-refractivity contribution < 1.29 is 38.9 Å². The minimum atomic E-state index is -1.92. The lowest BCUT2D eigenvalue weighted by Crippen LogP contribution is -2.48. The Kier molecular flexibility index (Phi) is 7.08. The van der Waals surface area contributed by atoms with Crippen molar-refractivity contribution in [2.75, 3.05) is 6.61 Å². The highest BCUT2D eigenvalue weighted by Crippen LogP contribution is 2.28. The fraction of sp³-hybridized carbons (Fsp3) is 0.238. The maximum absolute atomic E-state index is 12.5. The first kappa shape index (κ1) is 21.6. The van der Waals surface area contributed by atoms with Crippen LogP contribution < -0.4 is 0 Å². The van der Waals surface area contributed by atoms with Crippen molar-refractivity contribution >= 4 is 23.9 Å². The second kappa shape index (κ2) is 9.50. The maximum atomic E-state index is 12.5. The lowest BCUT2D eigenvalue weighted by atomic mass is 9.86. The molecule has 152 valence electrons. The van der Waals surface area contributed by atoms with Gasteiger partial charge in [-0.1, -0.05) is 36.4 Å². The van der Waals surface area contributed by atoms with E-state index in [0.717, 1.165) is 0 Å². The van der Waals surface area contributed by atoms with Crippen LogP contribution in [-0.2, 0) is 19.1 Å². The van der Waals surface area contributed by atoms with Crippen LogP contribution in [0.4, 0.5) is 0 Å². The topological polar surface area (TPSA) is 127 Å². The van der Waals surface area contributed by atoms with Crippen molar-refractivity contribution in [2.45, 2.75) is 18.9 Å². The summed E-state index contributed by atoms with van der Waals surface area (Å²) in [5, 5.41) is 18.6. The molecular weight excluding hydrogens is 380 g/mol. The molecule has 0 aliphatic carbocycles. The van der Waals surface area contributed by atoms with Gasteiger partial charge in [-0.25, -0.2) is 9.59 Å². The van der Waals surface area contributed by atoms with Crippen LogP contribution in [0.25, 0.3) is 0 Å². The van der Waals surface area contributed by atoms with Gasteiger partial charge in [0.2, 0.25) is 0 Å². The number of carboxylic acids is 2. The van der Waals surface area contributed by atoms with Gasteiger partial charge < -0.3 is 19.7 Å². The van der Waals surface area contributed by atoms with Gasteiger partial charge in [0, 0.05) is 0 Å². The van der Waals surface area contributed by atoms with Crippen LogP contribution in [0.3, 0.4) is 0 Å². The Morgan fingerprint density at radius 3 is 1.79 bits per heavy atom. The van der Waals surface area contributed by atoms with E-state index in [-0.39, 0.29) is 11.1 Å². The molecule has 2 rings (SSSR count). The molecule has 0 radical (unpaired) electrons. The third kappa shape index (κ3) is 5.90. The van der Waals surface area contributed by atoms with E-state index in [4.69, 9.17) is 14.6 Å². The van der Waals surface area contributed by atoms with Crippen LogP contribution in [0.5, 0.6) is 0 Å². The summed E-state index contributed by atoms with van der Waals surface area (Å²) >= 11 is 0. The zero-order valence-electron chi connectivity index (χ0n) is 15.6. The molecule has 0 aliphatic rings. The van der Waals surface area contributed by atoms with Crippen LogP contribution >= 0.6 is 0 Å². The van der Waals surface area contributed by atoms with Crippen molar-refractivity contribution in [3.05, 3.63) is 71.8 Å². The Morgan fingerprint density at radius 1 is 0.862 bits per heavy atom. The van der Waals surface area contributed by atoms with E-state index in [2.05, 4.69) is 0 Å². The summed E-state index contributed by atoms with van der Waals surface area (Å²) < 4.78 is 10.5. The molecule has 2 N–H and O–H groups in total. The Hall–Kier alpha value is -3.68. The number of carbonyl (C=O) groups is 4. The third-order valence-electron chi connectivity index (χ3n) is 4.25. The lowest BCUT2D eigenvalue weighted by Gasteiger charge is -2.33. The zero-order chi connectivity index (χ0) is 21.4. The van der Waals surface area contributed by atoms with E-state index in [9.17, 15) is 24.3 Å². The minimum absolute atomic E-state index is 0.146. The summed E-state index contributed by atoms with van der Waals surface area (Å²) in [6, 6.07) is 15.7. The molecule has 8 nitrogen and oxygen atoms in total. The fourth-order valence-corrected chi connectivity index (χ4v) is 2.65. The van der Waals surface area contributed by atoms with E-state index in [1.165, 1.54) is 31.2 Å². The van der Waals surface area contributed by atoms with Gasteiger partial charge in [-0.3, -0.25) is 9.59 Å². The molecule has 0 amide bonds. The minimum Gasteiger partial charge on any atom is -0.481 e. The standard InChI is InChI=1S/C21H20O8/c1-21(16(18(24)25)12-17(22)23,29-20(27)15-10-6-3-7-11-15)13-28-19(26)14-8-4-2-5-9-14/h2-11,16H,12-13H2,1H3,(H,22,23)(H,24,25)/t16?,21-/m0/s1. The molecule has 1 unspecified atom stereocenters. The van der Waals surface area contributed by atoms with E-state index in [1.807, 2.05) is 0 Å². The van der Waals surface area contributed by atoms with E-state index >= 15 is 0 Å². The number of aliphatic carboxylic acids is 2. The van der Waals surface area contributed by atoms with Gasteiger partial charge in [-0.05, 0) is 31.2 Å². The molecular formula is C21H20O8. The van der Waals surface area contributed by atoms with Crippen molar-refractivity contribution in [3.63, 3.8) is 0 Å². The van der Waals surface area contributed by atoms with Crippen LogP contribution in [0.15, 0.2) is 60.7 Å². The SMILES string of the molecule is C[C@@](COC(=O)c1ccccc1)(OC(=O)c1ccccc1)C(CC(=O)O)C(=O)O. The van der Waals surface area contributed by atoms with Gasteiger partial charge in [0.25, 0.3) is 0 Å². The van der Waals surface area contributed by atoms with Crippen molar-refractivity contribution in [1.82, 2.24) is 0 Å². The molecule has 0 spiro atoms. The van der Waals surface area contributed by atoms with Gasteiger partial charge in [-0.15, -0.1) is 0 Å². The van der Waals surface area contributed by atoms with Crippen molar-refractivity contribution in [1.29, 1.82) is 0 Å². The second-order valence-electron chi connectivity index (χ2n) is 6.50. The Morgan fingerprint density at radius 2 is 1.34 bits per heavy atom. The number of hydrogen-bond acceptors (Lipinski definition) is 6. The number of carbonyl (C=O) groups excluding carboxylic acids is 2. The van der Waals surface area contributed by atoms with Gasteiger partial charge in [0.05, 0.1) is 17.5 Å². The lowest BCUT2D eigenvalue weighted by molar-refractivity contribution is -0.161. The predicted molar refractivity (Wildman–Crippen MR) is 100 cm³/mol. The average molecular weight is 400 g/mol. The molecule has 0 saturated carbocycles. The molecule has 0 saturated heterocycles. The Bertz CT molecular complexity index is 878. The van der Waals surface area contributed by atoms with Crippen LogP contribution in [0.2, 0.25) is 0 Å². The summed E-state index contributed by atoms with van der Waals surface area (Å²) in [5.41, 5.74) is -1.55. The highest BCUT2D eigenvalue weighted by Gasteiger charge is 2.45. The summed E-state index contributed by atoms with van der Waals surface area (Å²) in [6.07, 6.45) is -0.823. The molecule has 2 aromatic carbocycles. The molecule has 2 aromatic rings. The average Bonchev–Trinajstić information content (AvgIpc) is 2.71. The van der Waals surface area contributed by atoms with Crippen LogP contribution in [-0.4, -0.2) is 46.3 Å². The third-order valence-corrected chi connectivity index (χ3v) is 4.25. The fourth-order valence-electron chi connectivity index (χ4n) is 2.65. The summed E-state index contributed by atoms with van der Waals surface area (Å²) in [5.74, 6) is -6.15. The normalized spacial score (nSPS) is 13.6. The molecule has 2 atom stereocenters. The van der Waals surface area contributed by atoms with Gasteiger partial charge >= 0.3 is 23.9 Å². The highest BCUT2D eigenvalue weighted by atomic mass is 16.6. The number of hydrogen-bond donors (Lipinski definition) is 2. The number of rotatable bonds is 9. The first-order valence-corrected chi connectivity index (χ1v) is 8.68. The first-order chi connectivity index (χ1) is 13.7. The highest BCUT2D eigenvalue weighted by molar-refractivity contribution is 5.91. The number of ether oxygens (including phenoxy) is 2. The van der Waals surface area contributed by atoms with Gasteiger partial charge in [-0.2, -0.15) is 0 Å². The van der Waals surface area contributed by atoms with Crippen LogP contribution in [0.1, 0.15) is 34.1 Å². The zero-order valence-corrected chi connectivity index (χ0v) is 15.6. The quantitative estimate of drug-likeness (QED) is 0.615. The predicted octanol–water partition coefficient (Wildman–Crippen LogP) is 2.63. The second-order valence-corrected chi connectivity index (χ2v) is 6.50. The Labute approximate surface area is 166 Å². The molecule has 0 heterocycles. The molecule has 29 heavy (non-hydrogen) atoms. The van der Waals surface area contributed by atoms with Crippen LogP contribution in [0, 0.1) is 5.92 Å². The summed E-state index contributed by atoms with van der Waals surface area (Å²) in [7, 11) is 0. The molecule has 0 aliphatic heterocycles. The molecule has 0 fully saturated rings. The number of carboxylic acid groups (broad SMARTS) is 2. The van der Waals surface area contributed by atoms with Crippen molar-refractivity contribution in [3.8, 4) is 0 Å². The summed E-state index contributed by atoms with van der Waals surface area (Å²) in [4.78, 5) is 47.6. The number of esters is 2. The molecule has 0 aromatic heterocycles. The number of benzene rings is 2. The smallest absolute Gasteiger partial charge is 0.338 e. The first-order valence-electron chi connectivity index (χ1n) is 8.68. The molecule has 0 bridgehead atoms. The maximum Gasteiger partial charge on any atom is 0.338 e. The van der Waals surface area contributed by atoms with E-state index in [0.29, 0.717) is 0 Å². The van der Waals surface area contributed by atoms with E-state index in [1.54, 1.807) is 36.4 Å².